The Morgan fingerprint density at radius 2 is 1.83 bits per heavy atom. The topological polar surface area (TPSA) is 116 Å². The fourth-order valence-electron chi connectivity index (χ4n) is 1.27. The van der Waals surface area contributed by atoms with E-state index >= 15 is 0 Å². The van der Waals surface area contributed by atoms with E-state index in [1.54, 1.807) is 0 Å². The number of nitrogen functional groups attached to an aromatic ring is 1. The zero-order valence-corrected chi connectivity index (χ0v) is 10.3. The van der Waals surface area contributed by atoms with E-state index < -0.39 is 31.3 Å². The number of nitrogens with one attached hydrogen (secondary N) is 1. The van der Waals surface area contributed by atoms with Crippen LogP contribution in [0.3, 0.4) is 0 Å². The van der Waals surface area contributed by atoms with Gasteiger partial charge in [-0.1, -0.05) is 11.6 Å². The lowest BCUT2D eigenvalue weighted by molar-refractivity contribution is 0.0375. The summed E-state index contributed by atoms with van der Waals surface area (Å²) in [4.78, 5) is 11.9. The predicted molar refractivity (Wildman–Crippen MR) is 67.3 cm³/mol. The maximum absolute atomic E-state index is 11.9. The van der Waals surface area contributed by atoms with Gasteiger partial charge in [-0.2, -0.15) is 0 Å². The molecule has 1 aromatic carbocycles. The standard InChI is InChI=1S/C11H15ClN2O4/c12-8-2-1-7(3-9(8)13)10(18)14-11(4-15,5-16)6-17/h1-3,15-17H,4-6,13H2,(H,14,18). The SMILES string of the molecule is Nc1cc(C(=O)NC(CO)(CO)CO)ccc1Cl. The average Bonchev–Trinajstić information content (AvgIpc) is 2.39. The second-order valence-corrected chi connectivity index (χ2v) is 4.35. The Balaban J connectivity index is 2.90. The molecule has 7 heteroatoms. The number of hydrogen-bond acceptors (Lipinski definition) is 5. The molecule has 0 aromatic heterocycles. The smallest absolute Gasteiger partial charge is 0.252 e. The van der Waals surface area contributed by atoms with E-state index in [0.717, 1.165) is 0 Å². The minimum absolute atomic E-state index is 0.219. The number of nitrogens with two attached hydrogens (primary N) is 1. The zero-order valence-electron chi connectivity index (χ0n) is 9.56. The summed E-state index contributed by atoms with van der Waals surface area (Å²) in [5, 5.41) is 29.9. The van der Waals surface area contributed by atoms with Crippen molar-refractivity contribution in [2.45, 2.75) is 5.54 Å². The van der Waals surface area contributed by atoms with Gasteiger partial charge in [0, 0.05) is 5.56 Å². The van der Waals surface area contributed by atoms with E-state index in [9.17, 15) is 4.79 Å². The van der Waals surface area contributed by atoms with Gasteiger partial charge in [0.05, 0.1) is 30.5 Å². The van der Waals surface area contributed by atoms with Gasteiger partial charge in [0.2, 0.25) is 0 Å². The number of aliphatic hydroxyl groups excluding tert-OH is 3. The Bertz CT molecular complexity index is 427. The second kappa shape index (κ2) is 6.01. The van der Waals surface area contributed by atoms with Gasteiger partial charge in [-0.15, -0.1) is 0 Å². The van der Waals surface area contributed by atoms with Crippen molar-refractivity contribution in [3.05, 3.63) is 28.8 Å². The molecule has 0 bridgehead atoms. The molecule has 0 atom stereocenters. The van der Waals surface area contributed by atoms with Crippen molar-refractivity contribution in [1.29, 1.82) is 0 Å². The largest absolute Gasteiger partial charge is 0.398 e. The Kier molecular flexibility index (Phi) is 4.92. The number of hydrogen-bond donors (Lipinski definition) is 5. The van der Waals surface area contributed by atoms with Crippen molar-refractivity contribution in [2.24, 2.45) is 0 Å². The third-order valence-corrected chi connectivity index (χ3v) is 2.89. The summed E-state index contributed by atoms with van der Waals surface area (Å²) in [6, 6.07) is 4.28. The number of carbonyl (C=O) groups is 1. The molecular formula is C11H15ClN2O4. The van der Waals surface area contributed by atoms with Gasteiger partial charge in [0.1, 0.15) is 5.54 Å². The first-order valence-electron chi connectivity index (χ1n) is 5.18. The lowest BCUT2D eigenvalue weighted by Gasteiger charge is -2.28. The summed E-state index contributed by atoms with van der Waals surface area (Å²) < 4.78 is 0. The van der Waals surface area contributed by atoms with Crippen LogP contribution < -0.4 is 11.1 Å². The number of rotatable bonds is 5. The molecule has 0 spiro atoms. The molecule has 0 saturated heterocycles. The molecule has 100 valence electrons. The van der Waals surface area contributed by atoms with E-state index in [1.165, 1.54) is 18.2 Å². The monoisotopic (exact) mass is 274 g/mol. The van der Waals surface area contributed by atoms with Crippen molar-refractivity contribution >= 4 is 23.2 Å². The molecule has 18 heavy (non-hydrogen) atoms. The van der Waals surface area contributed by atoms with Crippen LogP contribution in [0.4, 0.5) is 5.69 Å². The fraction of sp³-hybridized carbons (Fsp3) is 0.364. The van der Waals surface area contributed by atoms with Crippen LogP contribution in [0.5, 0.6) is 0 Å². The van der Waals surface area contributed by atoms with E-state index in [0.29, 0.717) is 5.02 Å². The van der Waals surface area contributed by atoms with E-state index in [1.807, 2.05) is 0 Å². The van der Waals surface area contributed by atoms with Crippen LogP contribution in [0.2, 0.25) is 5.02 Å². The van der Waals surface area contributed by atoms with Crippen LogP contribution in [-0.4, -0.2) is 46.6 Å². The first kappa shape index (κ1) is 14.7. The molecule has 1 amide bonds. The summed E-state index contributed by atoms with van der Waals surface area (Å²) in [5.74, 6) is -0.574. The number of carbonyl (C=O) groups excluding carboxylic acids is 1. The molecule has 6 N–H and O–H groups in total. The van der Waals surface area contributed by atoms with Crippen molar-refractivity contribution < 1.29 is 20.1 Å². The van der Waals surface area contributed by atoms with Gasteiger partial charge in [-0.05, 0) is 18.2 Å². The second-order valence-electron chi connectivity index (χ2n) is 3.95. The third kappa shape index (κ3) is 3.11. The minimum atomic E-state index is -1.47. The predicted octanol–water partition coefficient (Wildman–Crippen LogP) is -0.632. The fourth-order valence-corrected chi connectivity index (χ4v) is 1.38. The zero-order chi connectivity index (χ0) is 13.8. The van der Waals surface area contributed by atoms with Crippen LogP contribution in [-0.2, 0) is 0 Å². The van der Waals surface area contributed by atoms with Crippen molar-refractivity contribution in [2.75, 3.05) is 25.6 Å². The highest BCUT2D eigenvalue weighted by atomic mass is 35.5. The maximum atomic E-state index is 11.9. The molecule has 0 aliphatic rings. The summed E-state index contributed by atoms with van der Waals surface area (Å²) >= 11 is 5.72. The minimum Gasteiger partial charge on any atom is -0.398 e. The van der Waals surface area contributed by atoms with Gasteiger partial charge in [0.15, 0.2) is 0 Å². The molecule has 1 aromatic rings. The quantitative estimate of drug-likeness (QED) is 0.459. The number of benzene rings is 1. The first-order chi connectivity index (χ1) is 8.48. The summed E-state index contributed by atoms with van der Waals surface area (Å²) in [6.45, 7) is -1.77. The van der Waals surface area contributed by atoms with Crippen LogP contribution in [0.25, 0.3) is 0 Å². The molecule has 6 nitrogen and oxygen atoms in total. The number of anilines is 1. The Labute approximate surface area is 109 Å². The first-order valence-corrected chi connectivity index (χ1v) is 5.56. The summed E-state index contributed by atoms with van der Waals surface area (Å²) in [7, 11) is 0. The van der Waals surface area contributed by atoms with Crippen molar-refractivity contribution in [3.63, 3.8) is 0 Å². The van der Waals surface area contributed by atoms with Gasteiger partial charge < -0.3 is 26.4 Å². The molecule has 0 aliphatic heterocycles. The molecule has 0 heterocycles. The summed E-state index contributed by atoms with van der Waals surface area (Å²) in [6.07, 6.45) is 0. The van der Waals surface area contributed by atoms with Gasteiger partial charge in [-0.3, -0.25) is 4.79 Å². The van der Waals surface area contributed by atoms with Crippen molar-refractivity contribution in [1.82, 2.24) is 5.32 Å². The lowest BCUT2D eigenvalue weighted by Crippen LogP contribution is -2.57. The lowest BCUT2D eigenvalue weighted by atomic mass is 10.0. The molecule has 0 radical (unpaired) electrons. The molecule has 1 rings (SSSR count). The maximum Gasteiger partial charge on any atom is 0.252 e. The molecule has 0 unspecified atom stereocenters. The van der Waals surface area contributed by atoms with Gasteiger partial charge in [-0.25, -0.2) is 0 Å². The molecular weight excluding hydrogens is 260 g/mol. The van der Waals surface area contributed by atoms with E-state index in [4.69, 9.17) is 32.7 Å². The highest BCUT2D eigenvalue weighted by Crippen LogP contribution is 2.19. The Morgan fingerprint density at radius 3 is 2.28 bits per heavy atom. The van der Waals surface area contributed by atoms with Crippen molar-refractivity contribution in [3.8, 4) is 0 Å². The van der Waals surface area contributed by atoms with E-state index in [2.05, 4.69) is 5.32 Å². The molecule has 0 fully saturated rings. The van der Waals surface area contributed by atoms with Crippen LogP contribution in [0.15, 0.2) is 18.2 Å². The third-order valence-electron chi connectivity index (χ3n) is 2.54. The molecule has 0 saturated carbocycles. The van der Waals surface area contributed by atoms with Gasteiger partial charge in [0.25, 0.3) is 5.91 Å². The van der Waals surface area contributed by atoms with E-state index in [-0.39, 0.29) is 11.3 Å². The normalized spacial score (nSPS) is 11.3. The van der Waals surface area contributed by atoms with Crippen LogP contribution in [0.1, 0.15) is 10.4 Å². The average molecular weight is 275 g/mol. The van der Waals surface area contributed by atoms with Crippen LogP contribution in [0, 0.1) is 0 Å². The number of amides is 1. The Hall–Kier alpha value is -1.34. The number of halogens is 1. The number of aliphatic hydroxyl groups is 3. The Morgan fingerprint density at radius 1 is 1.28 bits per heavy atom. The highest BCUT2D eigenvalue weighted by Gasteiger charge is 2.30. The van der Waals surface area contributed by atoms with Crippen LogP contribution >= 0.6 is 11.6 Å². The van der Waals surface area contributed by atoms with Gasteiger partial charge >= 0.3 is 0 Å². The highest BCUT2D eigenvalue weighted by molar-refractivity contribution is 6.33. The molecule has 0 aliphatic carbocycles. The summed E-state index contributed by atoms with van der Waals surface area (Å²) in [5.41, 5.74) is 4.55.